The number of anilines is 1. The number of carbonyl (C=O) groups excluding carboxylic acids is 2. The maximum Gasteiger partial charge on any atom is 0.322 e. The Morgan fingerprint density at radius 3 is 2.77 bits per heavy atom. The van der Waals surface area contributed by atoms with Gasteiger partial charge in [0.05, 0.1) is 19.3 Å². The fourth-order valence-corrected chi connectivity index (χ4v) is 4.52. The molecule has 180 valence electrons. The maximum atomic E-state index is 12.9. The number of fused-ring (bicyclic) bond motifs is 1. The van der Waals surface area contributed by atoms with E-state index in [9.17, 15) is 9.59 Å². The Balaban J connectivity index is 1.28. The van der Waals surface area contributed by atoms with Gasteiger partial charge in [-0.25, -0.2) is 4.79 Å². The van der Waals surface area contributed by atoms with E-state index >= 15 is 0 Å². The maximum absolute atomic E-state index is 12.9. The third-order valence-corrected chi connectivity index (χ3v) is 6.28. The summed E-state index contributed by atoms with van der Waals surface area (Å²) in [6, 6.07) is 13.0. The van der Waals surface area contributed by atoms with Gasteiger partial charge in [0.1, 0.15) is 11.9 Å². The first kappa shape index (κ1) is 22.6. The number of hydrogen-bond acceptors (Lipinski definition) is 6. The number of carbonyl (C=O) groups is 2. The van der Waals surface area contributed by atoms with Crippen LogP contribution in [0.5, 0.6) is 11.6 Å². The number of aromatic nitrogens is 2. The van der Waals surface area contributed by atoms with Crippen LogP contribution < -0.4 is 25.0 Å². The van der Waals surface area contributed by atoms with Crippen LogP contribution in [0.1, 0.15) is 27.0 Å². The number of aryl methyl sites for hydroxylation is 2. The SMILES string of the molecule is COc1ccc(-c2cc(C)cc3c2OC(CNC(=O)c2ccc(C)c(N4CCNC4=O)c2)C3)nn1. The van der Waals surface area contributed by atoms with Gasteiger partial charge in [-0.15, -0.1) is 10.2 Å². The largest absolute Gasteiger partial charge is 0.487 e. The minimum absolute atomic E-state index is 0.143. The van der Waals surface area contributed by atoms with Crippen molar-refractivity contribution in [1.82, 2.24) is 20.8 Å². The topological polar surface area (TPSA) is 106 Å². The van der Waals surface area contributed by atoms with E-state index in [0.717, 1.165) is 33.7 Å². The number of benzene rings is 2. The second kappa shape index (κ2) is 9.25. The molecule has 0 radical (unpaired) electrons. The Kier molecular flexibility index (Phi) is 5.98. The van der Waals surface area contributed by atoms with Crippen molar-refractivity contribution in [3.05, 3.63) is 64.7 Å². The van der Waals surface area contributed by atoms with Gasteiger partial charge in [0, 0.05) is 42.4 Å². The van der Waals surface area contributed by atoms with E-state index in [-0.39, 0.29) is 18.0 Å². The molecule has 2 aromatic carbocycles. The highest BCUT2D eigenvalue weighted by molar-refractivity contribution is 5.99. The van der Waals surface area contributed by atoms with E-state index in [1.54, 1.807) is 30.2 Å². The summed E-state index contributed by atoms with van der Waals surface area (Å²) in [5.74, 6) is 1.01. The molecule has 1 atom stereocenters. The van der Waals surface area contributed by atoms with Gasteiger partial charge < -0.3 is 20.1 Å². The molecule has 0 bridgehead atoms. The summed E-state index contributed by atoms with van der Waals surface area (Å²) >= 11 is 0. The van der Waals surface area contributed by atoms with Crippen LogP contribution in [-0.2, 0) is 6.42 Å². The molecular weight excluding hydrogens is 446 g/mol. The third-order valence-electron chi connectivity index (χ3n) is 6.28. The molecule has 1 unspecified atom stereocenters. The van der Waals surface area contributed by atoms with E-state index in [4.69, 9.17) is 9.47 Å². The lowest BCUT2D eigenvalue weighted by molar-refractivity contribution is 0.0933. The number of methoxy groups -OCH3 is 1. The molecule has 3 amide bonds. The molecule has 9 heteroatoms. The number of amides is 3. The van der Waals surface area contributed by atoms with Gasteiger partial charge in [-0.1, -0.05) is 12.1 Å². The van der Waals surface area contributed by atoms with Crippen molar-refractivity contribution in [3.8, 4) is 22.9 Å². The van der Waals surface area contributed by atoms with Gasteiger partial charge in [0.2, 0.25) is 5.88 Å². The summed E-state index contributed by atoms with van der Waals surface area (Å²) < 4.78 is 11.4. The average Bonchev–Trinajstić information content (AvgIpc) is 3.48. The van der Waals surface area contributed by atoms with Crippen LogP contribution >= 0.6 is 0 Å². The molecule has 2 aliphatic rings. The molecule has 35 heavy (non-hydrogen) atoms. The molecule has 1 fully saturated rings. The molecule has 2 N–H and O–H groups in total. The van der Waals surface area contributed by atoms with Crippen molar-refractivity contribution in [2.24, 2.45) is 0 Å². The van der Waals surface area contributed by atoms with Crippen molar-refractivity contribution in [3.63, 3.8) is 0 Å². The molecule has 1 aromatic heterocycles. The van der Waals surface area contributed by atoms with Gasteiger partial charge in [-0.3, -0.25) is 9.69 Å². The van der Waals surface area contributed by atoms with Crippen LogP contribution in [0.3, 0.4) is 0 Å². The van der Waals surface area contributed by atoms with E-state index in [1.165, 1.54) is 0 Å². The summed E-state index contributed by atoms with van der Waals surface area (Å²) in [7, 11) is 1.55. The average molecular weight is 474 g/mol. The highest BCUT2D eigenvalue weighted by Gasteiger charge is 2.28. The fourth-order valence-electron chi connectivity index (χ4n) is 4.52. The molecule has 3 aromatic rings. The number of urea groups is 1. The van der Waals surface area contributed by atoms with Gasteiger partial charge in [0.15, 0.2) is 0 Å². The first-order chi connectivity index (χ1) is 16.9. The third kappa shape index (κ3) is 4.49. The minimum Gasteiger partial charge on any atom is -0.487 e. The monoisotopic (exact) mass is 473 g/mol. The Labute approximate surface area is 203 Å². The number of hydrogen-bond donors (Lipinski definition) is 2. The van der Waals surface area contributed by atoms with E-state index < -0.39 is 0 Å². The fraction of sp³-hybridized carbons (Fsp3) is 0.308. The normalized spacial score (nSPS) is 16.5. The standard InChI is InChI=1S/C26H27N5O4/c1-15-10-18-12-19(35-24(18)20(11-15)21-6-7-23(34-3)30-29-21)14-28-25(32)17-5-4-16(2)22(13-17)31-9-8-27-26(31)33/h4-7,10-11,13,19H,8-9,12,14H2,1-3H3,(H,27,33)(H,28,32). The zero-order valence-corrected chi connectivity index (χ0v) is 19.9. The highest BCUT2D eigenvalue weighted by Crippen LogP contribution is 2.39. The number of rotatable bonds is 6. The van der Waals surface area contributed by atoms with Crippen molar-refractivity contribution in [1.29, 1.82) is 0 Å². The molecule has 2 aliphatic heterocycles. The first-order valence-electron chi connectivity index (χ1n) is 11.6. The highest BCUT2D eigenvalue weighted by atomic mass is 16.5. The van der Waals surface area contributed by atoms with Gasteiger partial charge in [-0.05, 0) is 54.8 Å². The van der Waals surface area contributed by atoms with Crippen molar-refractivity contribution >= 4 is 17.6 Å². The Bertz CT molecular complexity index is 1290. The van der Waals surface area contributed by atoms with E-state index in [0.29, 0.717) is 43.2 Å². The van der Waals surface area contributed by atoms with Crippen LogP contribution in [0.15, 0.2) is 42.5 Å². The number of nitrogens with zero attached hydrogens (tertiary/aromatic N) is 3. The van der Waals surface area contributed by atoms with Gasteiger partial charge >= 0.3 is 6.03 Å². The predicted molar refractivity (Wildman–Crippen MR) is 131 cm³/mol. The lowest BCUT2D eigenvalue weighted by Gasteiger charge is -2.18. The molecule has 0 spiro atoms. The minimum atomic E-state index is -0.206. The van der Waals surface area contributed by atoms with E-state index in [1.807, 2.05) is 32.0 Å². The molecule has 0 saturated carbocycles. The second-order valence-corrected chi connectivity index (χ2v) is 8.80. The van der Waals surface area contributed by atoms with Crippen LogP contribution in [-0.4, -0.2) is 55.0 Å². The molecule has 3 heterocycles. The molecule has 0 aliphatic carbocycles. The summed E-state index contributed by atoms with van der Waals surface area (Å²) in [5.41, 5.74) is 5.95. The summed E-state index contributed by atoms with van der Waals surface area (Å²) in [6.07, 6.45) is 0.482. The quantitative estimate of drug-likeness (QED) is 0.570. The second-order valence-electron chi connectivity index (χ2n) is 8.80. The summed E-state index contributed by atoms with van der Waals surface area (Å²) in [6.45, 7) is 5.50. The Morgan fingerprint density at radius 2 is 2.06 bits per heavy atom. The number of ether oxygens (including phenoxy) is 2. The van der Waals surface area contributed by atoms with Crippen LogP contribution in [0, 0.1) is 13.8 Å². The Morgan fingerprint density at radius 1 is 1.20 bits per heavy atom. The first-order valence-corrected chi connectivity index (χ1v) is 11.6. The van der Waals surface area contributed by atoms with Gasteiger partial charge in [0.25, 0.3) is 5.91 Å². The lowest BCUT2D eigenvalue weighted by Crippen LogP contribution is -2.34. The molecule has 9 nitrogen and oxygen atoms in total. The van der Waals surface area contributed by atoms with Crippen LogP contribution in [0.25, 0.3) is 11.3 Å². The molecule has 5 rings (SSSR count). The zero-order chi connectivity index (χ0) is 24.5. The van der Waals surface area contributed by atoms with Crippen LogP contribution in [0.4, 0.5) is 10.5 Å². The van der Waals surface area contributed by atoms with Gasteiger partial charge in [-0.2, -0.15) is 0 Å². The summed E-state index contributed by atoms with van der Waals surface area (Å²) in [4.78, 5) is 26.7. The Hall–Kier alpha value is -4.14. The molecule has 1 saturated heterocycles. The summed E-state index contributed by atoms with van der Waals surface area (Å²) in [5, 5.41) is 14.1. The zero-order valence-electron chi connectivity index (χ0n) is 19.9. The van der Waals surface area contributed by atoms with Crippen LogP contribution in [0.2, 0.25) is 0 Å². The van der Waals surface area contributed by atoms with E-state index in [2.05, 4.69) is 26.9 Å². The molecular formula is C26H27N5O4. The lowest BCUT2D eigenvalue weighted by atomic mass is 10.0. The van der Waals surface area contributed by atoms with Crippen molar-refractivity contribution < 1.29 is 19.1 Å². The smallest absolute Gasteiger partial charge is 0.322 e. The predicted octanol–water partition coefficient (Wildman–Crippen LogP) is 3.03. The van der Waals surface area contributed by atoms with Crippen molar-refractivity contribution in [2.45, 2.75) is 26.4 Å². The van der Waals surface area contributed by atoms with Crippen molar-refractivity contribution in [2.75, 3.05) is 31.6 Å². The number of nitrogens with one attached hydrogen (secondary N) is 2.